The lowest BCUT2D eigenvalue weighted by molar-refractivity contribution is -0.149. The molecular formula is C12H18Cl2O2Si. The van der Waals surface area contributed by atoms with Gasteiger partial charge >= 0.3 is 5.97 Å². The number of carbonyl (C=O) groups is 1. The van der Waals surface area contributed by atoms with E-state index in [1.54, 1.807) is 0 Å². The van der Waals surface area contributed by atoms with Crippen LogP contribution in [0, 0.1) is 17.8 Å². The Bertz CT molecular complexity index is 325. The molecule has 2 aliphatic carbocycles. The van der Waals surface area contributed by atoms with Crippen LogP contribution >= 0.6 is 22.2 Å². The van der Waals surface area contributed by atoms with Crippen LogP contribution in [0.15, 0.2) is 12.2 Å². The van der Waals surface area contributed by atoms with Gasteiger partial charge < -0.3 is 4.74 Å². The standard InChI is InChI=1S/C12H18Cl2O2Si/c1-17(13,14)6-2-5-16-12(15)11-8-9-3-4-10(11)7-9/h3-4,9-11H,2,5-8H2,1H3. The molecule has 0 aliphatic heterocycles. The summed E-state index contributed by atoms with van der Waals surface area (Å²) in [5.74, 6) is 1.10. The molecule has 2 bridgehead atoms. The molecule has 96 valence electrons. The van der Waals surface area contributed by atoms with Crippen molar-refractivity contribution < 1.29 is 9.53 Å². The molecule has 1 fully saturated rings. The summed E-state index contributed by atoms with van der Waals surface area (Å²) in [4.78, 5) is 11.8. The van der Waals surface area contributed by atoms with Gasteiger partial charge in [-0.3, -0.25) is 4.79 Å². The molecule has 2 rings (SSSR count). The zero-order chi connectivity index (χ0) is 12.5. The molecule has 2 nitrogen and oxygen atoms in total. The molecule has 0 amide bonds. The van der Waals surface area contributed by atoms with Gasteiger partial charge in [-0.1, -0.05) is 12.2 Å². The molecule has 0 radical (unpaired) electrons. The topological polar surface area (TPSA) is 26.3 Å². The summed E-state index contributed by atoms with van der Waals surface area (Å²) >= 11 is 12.0. The fourth-order valence-corrected chi connectivity index (χ4v) is 4.28. The highest BCUT2D eigenvalue weighted by Gasteiger charge is 2.40. The normalized spacial score (nSPS) is 30.9. The third-order valence-corrected chi connectivity index (χ3v) is 5.95. The van der Waals surface area contributed by atoms with Crippen molar-refractivity contribution >= 4 is 34.8 Å². The number of ether oxygens (including phenoxy) is 1. The predicted octanol–water partition coefficient (Wildman–Crippen LogP) is 3.68. The molecule has 2 aliphatic rings. The van der Waals surface area contributed by atoms with Gasteiger partial charge in [0.15, 0.2) is 0 Å². The van der Waals surface area contributed by atoms with Gasteiger partial charge in [0.2, 0.25) is 6.69 Å². The first-order valence-electron chi connectivity index (χ1n) is 6.18. The van der Waals surface area contributed by atoms with Crippen LogP contribution in [0.2, 0.25) is 12.6 Å². The van der Waals surface area contributed by atoms with Crippen LogP contribution < -0.4 is 0 Å². The summed E-state index contributed by atoms with van der Waals surface area (Å²) < 4.78 is 5.31. The van der Waals surface area contributed by atoms with Crippen LogP contribution in [0.5, 0.6) is 0 Å². The zero-order valence-electron chi connectivity index (χ0n) is 9.99. The highest BCUT2D eigenvalue weighted by molar-refractivity contribution is 7.44. The van der Waals surface area contributed by atoms with Crippen LogP contribution in [-0.2, 0) is 9.53 Å². The van der Waals surface area contributed by atoms with Gasteiger partial charge in [0, 0.05) is 0 Å². The lowest BCUT2D eigenvalue weighted by atomic mass is 9.94. The first-order chi connectivity index (χ1) is 7.96. The Morgan fingerprint density at radius 3 is 2.71 bits per heavy atom. The summed E-state index contributed by atoms with van der Waals surface area (Å²) in [6.45, 7) is 0.312. The van der Waals surface area contributed by atoms with E-state index in [9.17, 15) is 4.79 Å². The number of hydrogen-bond acceptors (Lipinski definition) is 2. The number of allylic oxidation sites excluding steroid dienone is 2. The lowest BCUT2D eigenvalue weighted by Gasteiger charge is -2.17. The van der Waals surface area contributed by atoms with Crippen molar-refractivity contribution in [3.63, 3.8) is 0 Å². The molecule has 0 spiro atoms. The summed E-state index contributed by atoms with van der Waals surface area (Å²) in [7, 11) is 0. The Kier molecular flexibility index (Phi) is 4.21. The van der Waals surface area contributed by atoms with Gasteiger partial charge in [-0.25, -0.2) is 0 Å². The molecule has 0 aromatic heterocycles. The maximum Gasteiger partial charge on any atom is 0.309 e. The van der Waals surface area contributed by atoms with E-state index < -0.39 is 6.69 Å². The van der Waals surface area contributed by atoms with Crippen LogP contribution in [-0.4, -0.2) is 19.3 Å². The van der Waals surface area contributed by atoms with Gasteiger partial charge in [-0.2, -0.15) is 0 Å². The van der Waals surface area contributed by atoms with Crippen LogP contribution in [0.4, 0.5) is 0 Å². The van der Waals surface area contributed by atoms with E-state index in [4.69, 9.17) is 26.9 Å². The largest absolute Gasteiger partial charge is 0.465 e. The Balaban J connectivity index is 1.67. The quantitative estimate of drug-likeness (QED) is 0.254. The summed E-state index contributed by atoms with van der Waals surface area (Å²) in [6, 6.07) is 0.778. The maximum atomic E-state index is 11.8. The average Bonchev–Trinajstić information content (AvgIpc) is 2.84. The smallest absolute Gasteiger partial charge is 0.309 e. The lowest BCUT2D eigenvalue weighted by Crippen LogP contribution is -2.22. The summed E-state index contributed by atoms with van der Waals surface area (Å²) in [6.07, 6.45) is 7.28. The molecule has 3 unspecified atom stereocenters. The van der Waals surface area contributed by atoms with Crippen LogP contribution in [0.25, 0.3) is 0 Å². The van der Waals surface area contributed by atoms with Gasteiger partial charge in [0.1, 0.15) is 0 Å². The number of hydrogen-bond donors (Lipinski definition) is 0. The van der Waals surface area contributed by atoms with Gasteiger partial charge in [-0.15, -0.1) is 22.2 Å². The molecule has 17 heavy (non-hydrogen) atoms. The second-order valence-electron chi connectivity index (χ2n) is 5.23. The number of esters is 1. The number of halogens is 2. The van der Waals surface area contributed by atoms with E-state index in [1.165, 1.54) is 0 Å². The fourth-order valence-electron chi connectivity index (χ4n) is 2.71. The second-order valence-corrected chi connectivity index (χ2v) is 13.5. The van der Waals surface area contributed by atoms with Gasteiger partial charge in [0.25, 0.3) is 0 Å². The average molecular weight is 293 g/mol. The Labute approximate surface area is 113 Å². The first kappa shape index (κ1) is 13.4. The van der Waals surface area contributed by atoms with E-state index >= 15 is 0 Å². The van der Waals surface area contributed by atoms with Crippen LogP contribution in [0.1, 0.15) is 19.3 Å². The molecule has 0 heterocycles. The molecule has 1 saturated carbocycles. The van der Waals surface area contributed by atoms with Gasteiger partial charge in [0.05, 0.1) is 12.5 Å². The first-order valence-corrected chi connectivity index (χ1v) is 10.9. The predicted molar refractivity (Wildman–Crippen MR) is 72.6 cm³/mol. The van der Waals surface area contributed by atoms with Crippen molar-refractivity contribution in [1.29, 1.82) is 0 Å². The highest BCUT2D eigenvalue weighted by atomic mass is 35.7. The van der Waals surface area contributed by atoms with Crippen molar-refractivity contribution in [3.05, 3.63) is 12.2 Å². The maximum absolute atomic E-state index is 11.8. The van der Waals surface area contributed by atoms with E-state index in [0.717, 1.165) is 25.3 Å². The molecule has 0 N–H and O–H groups in total. The molecule has 0 aromatic carbocycles. The molecule has 5 heteroatoms. The zero-order valence-corrected chi connectivity index (χ0v) is 12.5. The highest BCUT2D eigenvalue weighted by Crippen LogP contribution is 2.43. The number of carbonyl (C=O) groups excluding carboxylic acids is 1. The fraction of sp³-hybridized carbons (Fsp3) is 0.750. The molecule has 0 saturated heterocycles. The van der Waals surface area contributed by atoms with Crippen molar-refractivity contribution in [2.75, 3.05) is 6.61 Å². The third-order valence-electron chi connectivity index (χ3n) is 3.59. The second kappa shape index (κ2) is 5.33. The monoisotopic (exact) mass is 292 g/mol. The van der Waals surface area contributed by atoms with E-state index in [-0.39, 0.29) is 11.9 Å². The van der Waals surface area contributed by atoms with Crippen molar-refractivity contribution in [2.24, 2.45) is 17.8 Å². The SMILES string of the molecule is C[Si](Cl)(Cl)CCCOC(=O)C1CC2C=CC1C2. The molecular weight excluding hydrogens is 275 g/mol. The minimum Gasteiger partial charge on any atom is -0.465 e. The van der Waals surface area contributed by atoms with E-state index in [0.29, 0.717) is 18.4 Å². The van der Waals surface area contributed by atoms with Crippen molar-refractivity contribution in [3.8, 4) is 0 Å². The van der Waals surface area contributed by atoms with Crippen LogP contribution in [0.3, 0.4) is 0 Å². The van der Waals surface area contributed by atoms with E-state index in [2.05, 4.69) is 12.2 Å². The Morgan fingerprint density at radius 1 is 1.41 bits per heavy atom. The molecule has 3 atom stereocenters. The minimum absolute atomic E-state index is 0.0330. The van der Waals surface area contributed by atoms with Crippen molar-refractivity contribution in [1.82, 2.24) is 0 Å². The number of fused-ring (bicyclic) bond motifs is 2. The Hall–Kier alpha value is 0.00688. The van der Waals surface area contributed by atoms with Crippen molar-refractivity contribution in [2.45, 2.75) is 31.9 Å². The summed E-state index contributed by atoms with van der Waals surface area (Å²) in [5, 5.41) is 0. The molecule has 0 aromatic rings. The number of rotatable bonds is 5. The third kappa shape index (κ3) is 3.73. The van der Waals surface area contributed by atoms with Gasteiger partial charge in [-0.05, 0) is 43.7 Å². The summed E-state index contributed by atoms with van der Waals surface area (Å²) in [5.41, 5.74) is 0. The Morgan fingerprint density at radius 2 is 2.18 bits per heavy atom. The minimum atomic E-state index is -2.03. The van der Waals surface area contributed by atoms with E-state index in [1.807, 2.05) is 6.55 Å².